The molecule has 0 bridgehead atoms. The molecule has 0 spiro atoms. The van der Waals surface area contributed by atoms with Gasteiger partial charge in [-0.25, -0.2) is 16.8 Å². The number of amides is 1. The molecule has 0 aliphatic carbocycles. The van der Waals surface area contributed by atoms with Crippen LogP contribution in [0.4, 0.5) is 18.9 Å². The first-order valence-corrected chi connectivity index (χ1v) is 14.8. The van der Waals surface area contributed by atoms with Gasteiger partial charge in [-0.2, -0.15) is 21.8 Å². The fourth-order valence-electron chi connectivity index (χ4n) is 4.07. The Morgan fingerprint density at radius 2 is 1.68 bits per heavy atom. The Bertz CT molecular complexity index is 1360. The van der Waals surface area contributed by atoms with E-state index in [2.05, 4.69) is 5.32 Å². The van der Waals surface area contributed by atoms with Crippen LogP contribution in [0.25, 0.3) is 0 Å². The Balaban J connectivity index is 1.70. The third-order valence-corrected chi connectivity index (χ3v) is 10.6. The summed E-state index contributed by atoms with van der Waals surface area (Å²) < 4.78 is 92.9. The van der Waals surface area contributed by atoms with Crippen LogP contribution < -0.4 is 5.32 Å². The van der Waals surface area contributed by atoms with Crippen molar-refractivity contribution in [2.75, 3.05) is 31.5 Å². The lowest BCUT2D eigenvalue weighted by atomic mass is 9.97. The lowest BCUT2D eigenvalue weighted by Crippen LogP contribution is -2.41. The molecule has 14 heteroatoms. The standard InChI is InChI=1S/C23H27ClF3N3O5S2/c1-3-29(4-2)37(34,35)21-15-18(8-9-20(21)24)28-22(31)16-10-12-30(13-11-16)36(32,33)19-7-5-6-17(14-19)23(25,26)27/h5-9,14-16H,3-4,10-13H2,1-2H3,(H,28,31). The number of sulfonamides is 2. The second kappa shape index (κ2) is 11.3. The highest BCUT2D eigenvalue weighted by atomic mass is 35.5. The number of hydrogen-bond donors (Lipinski definition) is 1. The van der Waals surface area contributed by atoms with Crippen LogP contribution in [0.2, 0.25) is 5.02 Å². The van der Waals surface area contributed by atoms with Crippen molar-refractivity contribution >= 4 is 43.2 Å². The van der Waals surface area contributed by atoms with Crippen molar-refractivity contribution in [1.29, 1.82) is 0 Å². The highest BCUT2D eigenvalue weighted by molar-refractivity contribution is 7.89. The molecular formula is C23H27ClF3N3O5S2. The van der Waals surface area contributed by atoms with Gasteiger partial charge in [0.25, 0.3) is 0 Å². The molecule has 0 aromatic heterocycles. The van der Waals surface area contributed by atoms with Gasteiger partial charge >= 0.3 is 6.18 Å². The van der Waals surface area contributed by atoms with E-state index in [1.807, 2.05) is 0 Å². The average molecular weight is 582 g/mol. The molecule has 0 saturated carbocycles. The van der Waals surface area contributed by atoms with E-state index in [1.54, 1.807) is 13.8 Å². The quantitative estimate of drug-likeness (QED) is 0.497. The lowest BCUT2D eigenvalue weighted by molar-refractivity contribution is -0.137. The zero-order valence-electron chi connectivity index (χ0n) is 20.1. The molecule has 0 radical (unpaired) electrons. The van der Waals surface area contributed by atoms with Gasteiger partial charge in [-0.15, -0.1) is 0 Å². The summed E-state index contributed by atoms with van der Waals surface area (Å²) in [6.45, 7) is 3.76. The molecule has 0 unspecified atom stereocenters. The molecule has 204 valence electrons. The molecule has 1 fully saturated rings. The highest BCUT2D eigenvalue weighted by Gasteiger charge is 2.35. The van der Waals surface area contributed by atoms with Crippen LogP contribution in [0, 0.1) is 5.92 Å². The van der Waals surface area contributed by atoms with Gasteiger partial charge in [-0.05, 0) is 49.2 Å². The normalized spacial score (nSPS) is 16.2. The number of benzene rings is 2. The van der Waals surface area contributed by atoms with Crippen LogP contribution in [0.15, 0.2) is 52.3 Å². The van der Waals surface area contributed by atoms with Crippen LogP contribution in [-0.4, -0.2) is 57.5 Å². The number of nitrogens with one attached hydrogen (secondary N) is 1. The second-order valence-electron chi connectivity index (χ2n) is 8.43. The van der Waals surface area contributed by atoms with E-state index in [4.69, 9.17) is 11.6 Å². The molecule has 1 saturated heterocycles. The van der Waals surface area contributed by atoms with Crippen molar-refractivity contribution in [3.8, 4) is 0 Å². The number of anilines is 1. The second-order valence-corrected chi connectivity index (χ2v) is 12.7. The maximum absolute atomic E-state index is 13.0. The molecule has 1 aliphatic rings. The Hall–Kier alpha value is -2.19. The summed E-state index contributed by atoms with van der Waals surface area (Å²) >= 11 is 6.12. The summed E-state index contributed by atoms with van der Waals surface area (Å²) in [6.07, 6.45) is -4.40. The van der Waals surface area contributed by atoms with Gasteiger partial charge in [0.05, 0.1) is 15.5 Å². The topological polar surface area (TPSA) is 104 Å². The number of carbonyl (C=O) groups is 1. The molecule has 1 aliphatic heterocycles. The Morgan fingerprint density at radius 3 is 2.24 bits per heavy atom. The predicted octanol–water partition coefficient (Wildman–Crippen LogP) is 4.43. The minimum atomic E-state index is -4.68. The van der Waals surface area contributed by atoms with E-state index >= 15 is 0 Å². The predicted molar refractivity (Wildman–Crippen MR) is 133 cm³/mol. The summed E-state index contributed by atoms with van der Waals surface area (Å²) in [5, 5.41) is 2.67. The first kappa shape index (κ1) is 29.4. The van der Waals surface area contributed by atoms with Gasteiger partial charge in [0, 0.05) is 37.8 Å². The SMILES string of the molecule is CCN(CC)S(=O)(=O)c1cc(NC(=O)C2CCN(S(=O)(=O)c3cccc(C(F)(F)F)c3)CC2)ccc1Cl. The summed E-state index contributed by atoms with van der Waals surface area (Å²) in [4.78, 5) is 12.2. The number of hydrogen-bond acceptors (Lipinski definition) is 5. The minimum absolute atomic E-state index is 0.0120. The molecule has 1 heterocycles. The van der Waals surface area contributed by atoms with Crippen molar-refractivity contribution in [1.82, 2.24) is 8.61 Å². The fourth-order valence-corrected chi connectivity index (χ4v) is 7.54. The maximum atomic E-state index is 13.0. The molecule has 2 aromatic rings. The minimum Gasteiger partial charge on any atom is -0.326 e. The highest BCUT2D eigenvalue weighted by Crippen LogP contribution is 2.33. The molecule has 8 nitrogen and oxygen atoms in total. The molecule has 2 aromatic carbocycles. The molecule has 1 N–H and O–H groups in total. The molecule has 37 heavy (non-hydrogen) atoms. The van der Waals surface area contributed by atoms with E-state index in [0.717, 1.165) is 22.5 Å². The Labute approximate surface area is 219 Å². The maximum Gasteiger partial charge on any atom is 0.416 e. The van der Waals surface area contributed by atoms with Crippen LogP contribution in [0.1, 0.15) is 32.3 Å². The van der Waals surface area contributed by atoms with Crippen molar-refractivity contribution in [3.63, 3.8) is 0 Å². The van der Waals surface area contributed by atoms with E-state index in [9.17, 15) is 34.8 Å². The first-order valence-electron chi connectivity index (χ1n) is 11.5. The zero-order chi connectivity index (χ0) is 27.6. The van der Waals surface area contributed by atoms with E-state index in [1.165, 1.54) is 22.5 Å². The first-order chi connectivity index (χ1) is 17.2. The summed E-state index contributed by atoms with van der Waals surface area (Å²) in [5.41, 5.74) is -0.840. The summed E-state index contributed by atoms with van der Waals surface area (Å²) in [5.74, 6) is -1.00. The van der Waals surface area contributed by atoms with Gasteiger partial charge in [-0.1, -0.05) is 31.5 Å². The largest absolute Gasteiger partial charge is 0.416 e. The van der Waals surface area contributed by atoms with E-state index < -0.39 is 48.5 Å². The smallest absolute Gasteiger partial charge is 0.326 e. The van der Waals surface area contributed by atoms with Gasteiger partial charge in [0.1, 0.15) is 4.90 Å². The van der Waals surface area contributed by atoms with E-state index in [-0.39, 0.29) is 54.6 Å². The Kier molecular flexibility index (Phi) is 8.95. The number of nitrogens with zero attached hydrogens (tertiary/aromatic N) is 2. The van der Waals surface area contributed by atoms with Crippen molar-refractivity contribution in [2.24, 2.45) is 5.92 Å². The van der Waals surface area contributed by atoms with Crippen LogP contribution in [-0.2, 0) is 31.0 Å². The van der Waals surface area contributed by atoms with Crippen LogP contribution in [0.3, 0.4) is 0 Å². The average Bonchev–Trinajstić information content (AvgIpc) is 2.85. The van der Waals surface area contributed by atoms with E-state index in [0.29, 0.717) is 6.07 Å². The molecule has 3 rings (SSSR count). The van der Waals surface area contributed by atoms with Gasteiger partial charge in [0.2, 0.25) is 26.0 Å². The zero-order valence-corrected chi connectivity index (χ0v) is 22.5. The Morgan fingerprint density at radius 1 is 1.05 bits per heavy atom. The number of alkyl halides is 3. The summed E-state index contributed by atoms with van der Waals surface area (Å²) in [6, 6.07) is 7.65. The van der Waals surface area contributed by atoms with Crippen molar-refractivity contribution in [3.05, 3.63) is 53.1 Å². The van der Waals surface area contributed by atoms with Crippen LogP contribution in [0.5, 0.6) is 0 Å². The monoisotopic (exact) mass is 581 g/mol. The lowest BCUT2D eigenvalue weighted by Gasteiger charge is -2.30. The van der Waals surface area contributed by atoms with Gasteiger partial charge in [-0.3, -0.25) is 4.79 Å². The van der Waals surface area contributed by atoms with Gasteiger partial charge < -0.3 is 5.32 Å². The van der Waals surface area contributed by atoms with Crippen molar-refractivity contribution in [2.45, 2.75) is 42.7 Å². The third kappa shape index (κ3) is 6.45. The van der Waals surface area contributed by atoms with Crippen LogP contribution >= 0.6 is 11.6 Å². The molecule has 1 amide bonds. The number of halogens is 4. The van der Waals surface area contributed by atoms with Gasteiger partial charge in [0.15, 0.2) is 0 Å². The number of rotatable bonds is 8. The van der Waals surface area contributed by atoms with Crippen molar-refractivity contribution < 1.29 is 34.8 Å². The molecule has 0 atom stereocenters. The molecular weight excluding hydrogens is 555 g/mol. The summed E-state index contributed by atoms with van der Waals surface area (Å²) in [7, 11) is -8.05. The number of carbonyl (C=O) groups excluding carboxylic acids is 1. The fraction of sp³-hybridized carbons (Fsp3) is 0.435. The third-order valence-electron chi connectivity index (χ3n) is 6.15. The number of piperidine rings is 1.